The van der Waals surface area contributed by atoms with E-state index in [-0.39, 0.29) is 24.8 Å². The molecule has 8 nitrogen and oxygen atoms in total. The molecular weight excluding hydrogens is 508 g/mol. The van der Waals surface area contributed by atoms with Gasteiger partial charge in [0.15, 0.2) is 0 Å². The molecule has 1 N–H and O–H groups in total. The molecule has 2 aromatic rings. The highest BCUT2D eigenvalue weighted by Crippen LogP contribution is 2.29. The predicted molar refractivity (Wildman–Crippen MR) is 156 cm³/mol. The Morgan fingerprint density at radius 3 is 2.48 bits per heavy atom. The Kier molecular flexibility index (Phi) is 16.5. The Hall–Kier alpha value is -3.68. The van der Waals surface area contributed by atoms with Crippen LogP contribution in [0.1, 0.15) is 88.7 Å². The van der Waals surface area contributed by atoms with Crippen molar-refractivity contribution in [3.05, 3.63) is 88.0 Å². The third-order valence-corrected chi connectivity index (χ3v) is 6.80. The molecule has 1 aliphatic carbocycles. The summed E-state index contributed by atoms with van der Waals surface area (Å²) in [4.78, 5) is 37.6. The lowest BCUT2D eigenvalue weighted by Gasteiger charge is -2.07. The Bertz CT molecular complexity index is 1030. The van der Waals surface area contributed by atoms with E-state index in [1.807, 2.05) is 19.1 Å². The van der Waals surface area contributed by atoms with Crippen LogP contribution in [0.25, 0.3) is 0 Å². The van der Waals surface area contributed by atoms with Crippen LogP contribution in [0.2, 0.25) is 0 Å². The number of unbranched alkanes of at least 4 members (excludes halogenated alkanes) is 3. The zero-order valence-electron chi connectivity index (χ0n) is 23.7. The van der Waals surface area contributed by atoms with E-state index in [1.54, 1.807) is 12.1 Å². The van der Waals surface area contributed by atoms with Crippen LogP contribution in [-0.4, -0.2) is 23.5 Å². The van der Waals surface area contributed by atoms with Crippen molar-refractivity contribution >= 4 is 11.9 Å². The fourth-order valence-electron chi connectivity index (χ4n) is 4.68. The van der Waals surface area contributed by atoms with Gasteiger partial charge in [0.25, 0.3) is 5.09 Å². The van der Waals surface area contributed by atoms with Crippen molar-refractivity contribution in [1.29, 1.82) is 0 Å². The van der Waals surface area contributed by atoms with Gasteiger partial charge in [-0.15, -0.1) is 10.1 Å². The SMILES string of the molecule is C/C=C\CCCC(=O)NCC(=O)Oc1cccc(CO[N+](=O)[O-])c1.c1ccc(CCCCCC2CCCC2)cc1. The minimum absolute atomic E-state index is 0.218. The second-order valence-corrected chi connectivity index (χ2v) is 10.1. The van der Waals surface area contributed by atoms with Crippen LogP contribution in [0.5, 0.6) is 5.75 Å². The van der Waals surface area contributed by atoms with E-state index in [4.69, 9.17) is 4.74 Å². The smallest absolute Gasteiger partial charge is 0.330 e. The summed E-state index contributed by atoms with van der Waals surface area (Å²) in [6.45, 7) is 1.44. The summed E-state index contributed by atoms with van der Waals surface area (Å²) in [6, 6.07) is 17.1. The van der Waals surface area contributed by atoms with Gasteiger partial charge >= 0.3 is 5.97 Å². The number of hydrogen-bond donors (Lipinski definition) is 1. The first-order chi connectivity index (χ1) is 19.5. The third-order valence-electron chi connectivity index (χ3n) is 6.80. The average Bonchev–Trinajstić information content (AvgIpc) is 3.48. The maximum Gasteiger partial charge on any atom is 0.330 e. The lowest BCUT2D eigenvalue weighted by Crippen LogP contribution is -2.31. The van der Waals surface area contributed by atoms with Gasteiger partial charge in [-0.2, -0.15) is 0 Å². The Morgan fingerprint density at radius 2 is 1.75 bits per heavy atom. The summed E-state index contributed by atoms with van der Waals surface area (Å²) in [7, 11) is 0. The minimum atomic E-state index is -0.898. The number of nitrogens with zero attached hydrogens (tertiary/aromatic N) is 1. The lowest BCUT2D eigenvalue weighted by molar-refractivity contribution is -0.763. The lowest BCUT2D eigenvalue weighted by atomic mass is 9.98. The molecule has 0 radical (unpaired) electrons. The van der Waals surface area contributed by atoms with Gasteiger partial charge in [-0.1, -0.05) is 99.6 Å². The molecule has 0 saturated heterocycles. The molecule has 1 amide bonds. The van der Waals surface area contributed by atoms with E-state index in [0.29, 0.717) is 18.4 Å². The van der Waals surface area contributed by atoms with Crippen LogP contribution in [0.15, 0.2) is 66.7 Å². The number of nitrogens with one attached hydrogen (secondary N) is 1. The molecule has 40 heavy (non-hydrogen) atoms. The van der Waals surface area contributed by atoms with Crippen molar-refractivity contribution in [3.8, 4) is 5.75 Å². The molecule has 0 unspecified atom stereocenters. The van der Waals surface area contributed by atoms with Crippen LogP contribution in [0.3, 0.4) is 0 Å². The predicted octanol–water partition coefficient (Wildman–Crippen LogP) is 7.14. The number of carbonyl (C=O) groups is 2. The second-order valence-electron chi connectivity index (χ2n) is 10.1. The molecule has 3 rings (SSSR count). The van der Waals surface area contributed by atoms with Gasteiger partial charge in [-0.3, -0.25) is 4.79 Å². The van der Waals surface area contributed by atoms with E-state index in [9.17, 15) is 19.7 Å². The monoisotopic (exact) mass is 552 g/mol. The van der Waals surface area contributed by atoms with Crippen LogP contribution in [0, 0.1) is 16.0 Å². The van der Waals surface area contributed by atoms with Gasteiger partial charge in [0.05, 0.1) is 0 Å². The quantitative estimate of drug-likeness (QED) is 0.0592. The summed E-state index contributed by atoms with van der Waals surface area (Å²) in [6.07, 6.45) is 18.8. The maximum absolute atomic E-state index is 11.7. The van der Waals surface area contributed by atoms with E-state index in [0.717, 1.165) is 12.3 Å². The summed E-state index contributed by atoms with van der Waals surface area (Å²) >= 11 is 0. The zero-order valence-corrected chi connectivity index (χ0v) is 23.7. The number of benzene rings is 2. The molecule has 8 heteroatoms. The summed E-state index contributed by atoms with van der Waals surface area (Å²) in [5.74, 6) is 0.470. The number of amides is 1. The molecule has 0 atom stereocenters. The number of allylic oxidation sites excluding steroid dienone is 2. The minimum Gasteiger partial charge on any atom is -0.425 e. The van der Waals surface area contributed by atoms with Crippen molar-refractivity contribution in [2.75, 3.05) is 6.54 Å². The van der Waals surface area contributed by atoms with Gasteiger partial charge in [0.1, 0.15) is 18.9 Å². The van der Waals surface area contributed by atoms with Gasteiger partial charge < -0.3 is 14.9 Å². The van der Waals surface area contributed by atoms with Gasteiger partial charge in [0.2, 0.25) is 5.91 Å². The number of hydrogen-bond acceptors (Lipinski definition) is 6. The first-order valence-corrected chi connectivity index (χ1v) is 14.4. The highest BCUT2D eigenvalue weighted by molar-refractivity contribution is 5.82. The molecule has 2 aromatic carbocycles. The Labute approximate surface area is 238 Å². The van der Waals surface area contributed by atoms with Crippen LogP contribution in [-0.2, 0) is 27.5 Å². The number of esters is 1. The molecule has 0 heterocycles. The molecule has 0 aliphatic heterocycles. The summed E-state index contributed by atoms with van der Waals surface area (Å²) < 4.78 is 5.07. The van der Waals surface area contributed by atoms with Crippen molar-refractivity contribution in [1.82, 2.24) is 5.32 Å². The largest absolute Gasteiger partial charge is 0.425 e. The molecule has 0 bridgehead atoms. The van der Waals surface area contributed by atoms with Crippen molar-refractivity contribution in [2.24, 2.45) is 5.92 Å². The number of ether oxygens (including phenoxy) is 1. The Morgan fingerprint density at radius 1 is 1.00 bits per heavy atom. The standard InChI is InChI=1S/C16H20N2O6.C16H24/c1-2-3-4-5-9-15(19)17-11-16(20)24-14-8-6-7-13(10-14)12-23-18(21)22;1-3-9-15(10-4-1)11-5-2-6-12-16-13-7-8-14-16/h2-3,6-8,10H,4-5,9,11-12H2,1H3,(H,17,19);1,3-4,9-10,16H,2,5-8,11-14H2/b3-2-;. The number of aryl methyl sites for hydroxylation is 1. The van der Waals surface area contributed by atoms with Gasteiger partial charge in [0, 0.05) is 6.42 Å². The first-order valence-electron chi connectivity index (χ1n) is 14.4. The van der Waals surface area contributed by atoms with Crippen LogP contribution in [0.4, 0.5) is 0 Å². The van der Waals surface area contributed by atoms with Crippen molar-refractivity contribution < 1.29 is 24.3 Å². The Balaban J connectivity index is 0.000000302. The average molecular weight is 553 g/mol. The molecule has 1 aliphatic rings. The van der Waals surface area contributed by atoms with E-state index >= 15 is 0 Å². The normalized spacial score (nSPS) is 12.9. The van der Waals surface area contributed by atoms with E-state index in [1.165, 1.54) is 75.5 Å². The summed E-state index contributed by atoms with van der Waals surface area (Å²) in [5, 5.41) is 11.7. The van der Waals surface area contributed by atoms with Gasteiger partial charge in [-0.25, -0.2) is 4.79 Å². The van der Waals surface area contributed by atoms with E-state index in [2.05, 4.69) is 40.5 Å². The van der Waals surface area contributed by atoms with Crippen molar-refractivity contribution in [3.63, 3.8) is 0 Å². The fraction of sp³-hybridized carbons (Fsp3) is 0.500. The zero-order chi connectivity index (χ0) is 28.8. The highest BCUT2D eigenvalue weighted by Gasteiger charge is 2.13. The van der Waals surface area contributed by atoms with Crippen molar-refractivity contribution in [2.45, 2.75) is 90.6 Å². The van der Waals surface area contributed by atoms with E-state index < -0.39 is 11.1 Å². The highest BCUT2D eigenvalue weighted by atomic mass is 16.9. The third kappa shape index (κ3) is 15.7. The molecule has 218 valence electrons. The van der Waals surface area contributed by atoms with Crippen LogP contribution < -0.4 is 10.1 Å². The maximum atomic E-state index is 11.7. The molecule has 1 fully saturated rings. The topological polar surface area (TPSA) is 108 Å². The fourth-order valence-corrected chi connectivity index (χ4v) is 4.68. The van der Waals surface area contributed by atoms with Crippen LogP contribution >= 0.6 is 0 Å². The number of carbonyl (C=O) groups excluding carboxylic acids is 2. The van der Waals surface area contributed by atoms with Gasteiger partial charge in [-0.05, 0) is 61.8 Å². The summed E-state index contributed by atoms with van der Waals surface area (Å²) in [5.41, 5.74) is 1.99. The molecule has 0 spiro atoms. The molecular formula is C32H44N2O6. The molecule has 0 aromatic heterocycles. The number of rotatable bonds is 16. The second kappa shape index (κ2) is 20.3. The molecule has 1 saturated carbocycles. The first kappa shape index (κ1) is 32.5.